The Bertz CT molecular complexity index is 467. The molecule has 0 spiro atoms. The lowest BCUT2D eigenvalue weighted by Crippen LogP contribution is -2.10. The number of nitrogens with one attached hydrogen (secondary N) is 1. The van der Waals surface area contributed by atoms with Gasteiger partial charge in [-0.3, -0.25) is 4.98 Å². The summed E-state index contributed by atoms with van der Waals surface area (Å²) >= 11 is 0. The van der Waals surface area contributed by atoms with Gasteiger partial charge in [0.25, 0.3) is 0 Å². The van der Waals surface area contributed by atoms with Crippen molar-refractivity contribution in [2.75, 3.05) is 13.6 Å². The second-order valence-electron chi connectivity index (χ2n) is 3.58. The smallest absolute Gasteiger partial charge is 0.228 e. The Labute approximate surface area is 93.9 Å². The van der Waals surface area contributed by atoms with Crippen LogP contribution in [0.5, 0.6) is 0 Å². The monoisotopic (exact) mass is 218 g/mol. The SMILES string of the molecule is CNCCc1nc(-c2cc(C)ccn2)no1. The van der Waals surface area contributed by atoms with Crippen molar-refractivity contribution >= 4 is 0 Å². The van der Waals surface area contributed by atoms with E-state index in [9.17, 15) is 0 Å². The van der Waals surface area contributed by atoms with Crippen LogP contribution in [-0.4, -0.2) is 28.7 Å². The quantitative estimate of drug-likeness (QED) is 0.835. The van der Waals surface area contributed by atoms with Crippen molar-refractivity contribution in [3.05, 3.63) is 29.8 Å². The number of aryl methyl sites for hydroxylation is 1. The number of aromatic nitrogens is 3. The zero-order valence-electron chi connectivity index (χ0n) is 9.40. The maximum absolute atomic E-state index is 5.12. The average molecular weight is 218 g/mol. The van der Waals surface area contributed by atoms with Gasteiger partial charge in [0.1, 0.15) is 5.69 Å². The van der Waals surface area contributed by atoms with Gasteiger partial charge in [-0.25, -0.2) is 0 Å². The van der Waals surface area contributed by atoms with E-state index in [1.807, 2.05) is 26.1 Å². The van der Waals surface area contributed by atoms with Crippen molar-refractivity contribution in [2.24, 2.45) is 0 Å². The zero-order chi connectivity index (χ0) is 11.4. The molecule has 5 nitrogen and oxygen atoms in total. The molecule has 0 bridgehead atoms. The Balaban J connectivity index is 2.18. The summed E-state index contributed by atoms with van der Waals surface area (Å²) in [5, 5.41) is 6.93. The molecule has 0 aliphatic heterocycles. The van der Waals surface area contributed by atoms with E-state index in [2.05, 4.69) is 20.4 Å². The van der Waals surface area contributed by atoms with Gasteiger partial charge in [-0.1, -0.05) is 5.16 Å². The second-order valence-corrected chi connectivity index (χ2v) is 3.58. The first-order valence-electron chi connectivity index (χ1n) is 5.20. The number of hydrogen-bond donors (Lipinski definition) is 1. The fraction of sp³-hybridized carbons (Fsp3) is 0.364. The van der Waals surface area contributed by atoms with E-state index in [4.69, 9.17) is 4.52 Å². The molecule has 0 aliphatic carbocycles. The molecule has 0 fully saturated rings. The van der Waals surface area contributed by atoms with Crippen LogP contribution in [-0.2, 0) is 6.42 Å². The summed E-state index contributed by atoms with van der Waals surface area (Å²) in [6, 6.07) is 3.87. The molecule has 0 unspecified atom stereocenters. The van der Waals surface area contributed by atoms with Gasteiger partial charge in [-0.2, -0.15) is 4.98 Å². The highest BCUT2D eigenvalue weighted by Crippen LogP contribution is 2.13. The molecule has 0 aliphatic rings. The summed E-state index contributed by atoms with van der Waals surface area (Å²) in [4.78, 5) is 8.48. The largest absolute Gasteiger partial charge is 0.339 e. The molecule has 0 saturated heterocycles. The van der Waals surface area contributed by atoms with Crippen LogP contribution in [0, 0.1) is 6.92 Å². The molecule has 0 aromatic carbocycles. The number of nitrogens with zero attached hydrogens (tertiary/aromatic N) is 3. The first kappa shape index (κ1) is 10.8. The van der Waals surface area contributed by atoms with Crippen molar-refractivity contribution in [3.8, 4) is 11.5 Å². The highest BCUT2D eigenvalue weighted by atomic mass is 16.5. The highest BCUT2D eigenvalue weighted by molar-refractivity contribution is 5.48. The maximum Gasteiger partial charge on any atom is 0.228 e. The van der Waals surface area contributed by atoms with E-state index in [0.717, 1.165) is 24.2 Å². The third kappa shape index (κ3) is 2.43. The fourth-order valence-corrected chi connectivity index (χ4v) is 1.35. The van der Waals surface area contributed by atoms with E-state index in [1.165, 1.54) is 0 Å². The minimum atomic E-state index is 0.551. The molecule has 0 saturated carbocycles. The lowest BCUT2D eigenvalue weighted by molar-refractivity contribution is 0.377. The molecule has 5 heteroatoms. The third-order valence-electron chi connectivity index (χ3n) is 2.20. The molecule has 0 radical (unpaired) electrons. The van der Waals surface area contributed by atoms with Crippen molar-refractivity contribution in [3.63, 3.8) is 0 Å². The molecule has 0 atom stereocenters. The number of hydrogen-bond acceptors (Lipinski definition) is 5. The van der Waals surface area contributed by atoms with Crippen molar-refractivity contribution < 1.29 is 4.52 Å². The molecule has 16 heavy (non-hydrogen) atoms. The molecule has 0 amide bonds. The maximum atomic E-state index is 5.12. The summed E-state index contributed by atoms with van der Waals surface area (Å²) < 4.78 is 5.12. The third-order valence-corrected chi connectivity index (χ3v) is 2.20. The lowest BCUT2D eigenvalue weighted by Gasteiger charge is -1.94. The Hall–Kier alpha value is -1.75. The van der Waals surface area contributed by atoms with E-state index in [-0.39, 0.29) is 0 Å². The van der Waals surface area contributed by atoms with Crippen LogP contribution in [0.2, 0.25) is 0 Å². The summed E-state index contributed by atoms with van der Waals surface area (Å²) in [5.74, 6) is 1.18. The van der Waals surface area contributed by atoms with E-state index in [1.54, 1.807) is 6.20 Å². The molecule has 1 N–H and O–H groups in total. The van der Waals surface area contributed by atoms with Gasteiger partial charge >= 0.3 is 0 Å². The lowest BCUT2D eigenvalue weighted by atomic mass is 10.2. The summed E-state index contributed by atoms with van der Waals surface area (Å²) in [6.45, 7) is 2.83. The first-order chi connectivity index (χ1) is 7.79. The number of likely N-dealkylation sites (N-methyl/N-ethyl adjacent to an activating group) is 1. The summed E-state index contributed by atoms with van der Waals surface area (Å²) in [7, 11) is 1.89. The predicted octanol–water partition coefficient (Wildman–Crippen LogP) is 1.20. The molecule has 84 valence electrons. The molecular formula is C11H14N4O. The molecule has 2 heterocycles. The van der Waals surface area contributed by atoms with Crippen molar-refractivity contribution in [1.82, 2.24) is 20.4 Å². The second kappa shape index (κ2) is 4.85. The van der Waals surface area contributed by atoms with E-state index >= 15 is 0 Å². The molecule has 2 rings (SSSR count). The predicted molar refractivity (Wildman–Crippen MR) is 59.9 cm³/mol. The fourth-order valence-electron chi connectivity index (χ4n) is 1.35. The first-order valence-corrected chi connectivity index (χ1v) is 5.20. The highest BCUT2D eigenvalue weighted by Gasteiger charge is 2.08. The Morgan fingerprint density at radius 1 is 1.44 bits per heavy atom. The van der Waals surface area contributed by atoms with E-state index < -0.39 is 0 Å². The molecule has 2 aromatic heterocycles. The van der Waals surface area contributed by atoms with Crippen LogP contribution >= 0.6 is 0 Å². The average Bonchev–Trinajstić information content (AvgIpc) is 2.75. The van der Waals surface area contributed by atoms with Gasteiger partial charge in [0, 0.05) is 19.2 Å². The van der Waals surface area contributed by atoms with Crippen LogP contribution in [0.3, 0.4) is 0 Å². The standard InChI is InChI=1S/C11H14N4O/c1-8-3-6-13-9(7-8)11-14-10(16-15-11)4-5-12-2/h3,6-7,12H,4-5H2,1-2H3. The van der Waals surface area contributed by atoms with Crippen LogP contribution in [0.15, 0.2) is 22.9 Å². The van der Waals surface area contributed by atoms with E-state index in [0.29, 0.717) is 11.7 Å². The van der Waals surface area contributed by atoms with Crippen LogP contribution < -0.4 is 5.32 Å². The number of rotatable bonds is 4. The topological polar surface area (TPSA) is 63.8 Å². The molecular weight excluding hydrogens is 204 g/mol. The van der Waals surface area contributed by atoms with Crippen molar-refractivity contribution in [2.45, 2.75) is 13.3 Å². The normalized spacial score (nSPS) is 10.6. The number of pyridine rings is 1. The molecule has 2 aromatic rings. The summed E-state index contributed by atoms with van der Waals surface area (Å²) in [6.07, 6.45) is 2.48. The van der Waals surface area contributed by atoms with Gasteiger partial charge < -0.3 is 9.84 Å². The Morgan fingerprint density at radius 2 is 2.31 bits per heavy atom. The van der Waals surface area contributed by atoms with Crippen LogP contribution in [0.25, 0.3) is 11.5 Å². The Kier molecular flexibility index (Phi) is 3.26. The van der Waals surface area contributed by atoms with Crippen LogP contribution in [0.4, 0.5) is 0 Å². The van der Waals surface area contributed by atoms with Gasteiger partial charge in [-0.15, -0.1) is 0 Å². The van der Waals surface area contributed by atoms with Gasteiger partial charge in [-0.05, 0) is 31.7 Å². The van der Waals surface area contributed by atoms with Crippen LogP contribution in [0.1, 0.15) is 11.5 Å². The summed E-state index contributed by atoms with van der Waals surface area (Å²) in [5.41, 5.74) is 1.88. The Morgan fingerprint density at radius 3 is 3.06 bits per heavy atom. The minimum absolute atomic E-state index is 0.551. The van der Waals surface area contributed by atoms with Gasteiger partial charge in [0.05, 0.1) is 0 Å². The van der Waals surface area contributed by atoms with Gasteiger partial charge in [0.15, 0.2) is 0 Å². The van der Waals surface area contributed by atoms with Gasteiger partial charge in [0.2, 0.25) is 11.7 Å². The minimum Gasteiger partial charge on any atom is -0.339 e. The zero-order valence-corrected chi connectivity index (χ0v) is 9.40. The van der Waals surface area contributed by atoms with Crippen molar-refractivity contribution in [1.29, 1.82) is 0 Å².